The molecule has 23 heteroatoms. The van der Waals surface area contributed by atoms with Gasteiger partial charge in [-0.1, -0.05) is 219 Å². The maximum atomic E-state index is 17.6. The minimum absolute atomic E-state index is 0.00925. The topological polar surface area (TPSA) is 259 Å². The molecule has 3 saturated heterocycles. The zero-order valence-corrected chi connectivity index (χ0v) is 77.0. The molecule has 690 valence electrons. The number of aliphatic hydroxyl groups is 5. The van der Waals surface area contributed by atoms with E-state index in [2.05, 4.69) is 113 Å². The second-order valence-electron chi connectivity index (χ2n) is 41.3. The normalized spacial score (nSPS) is 40.8. The van der Waals surface area contributed by atoms with Gasteiger partial charge in [-0.2, -0.15) is 0 Å². The van der Waals surface area contributed by atoms with Gasteiger partial charge in [0.15, 0.2) is 75.9 Å². The smallest absolute Gasteiger partial charge is 0.226 e. The van der Waals surface area contributed by atoms with Gasteiger partial charge in [-0.25, -0.2) is 17.6 Å². The van der Waals surface area contributed by atoms with Gasteiger partial charge in [0.2, 0.25) is 5.12 Å². The Morgan fingerprint density at radius 3 is 1.44 bits per heavy atom. The van der Waals surface area contributed by atoms with Crippen molar-refractivity contribution in [1.82, 2.24) is 0 Å². The fourth-order valence-corrected chi connectivity index (χ4v) is 30.2. The number of ketones is 5. The fraction of sp³-hybridized carbons (Fsp3) is 0.500. The minimum atomic E-state index is -2.30. The zero-order valence-electron chi connectivity index (χ0n) is 75.4. The molecule has 6 aromatic carbocycles. The number of alkyl halides is 4. The molecule has 0 unspecified atom stereocenters. The van der Waals surface area contributed by atoms with Crippen LogP contribution in [-0.4, -0.2) is 150 Å². The Bertz CT molecular complexity index is 5780. The average molecular weight is 1830 g/mol. The van der Waals surface area contributed by atoms with E-state index in [9.17, 15) is 58.7 Å². The summed E-state index contributed by atoms with van der Waals surface area (Å²) in [5.74, 6) is -3.00. The number of allylic oxidation sites excluding steroid dienone is 12. The fourth-order valence-electron chi connectivity index (χ4n) is 28.5. The molecule has 17 nitrogen and oxygen atoms in total. The molecule has 15 aliphatic rings. The van der Waals surface area contributed by atoms with E-state index >= 15 is 13.2 Å². The lowest BCUT2D eigenvalue weighted by Gasteiger charge is -2.63. The van der Waals surface area contributed by atoms with Crippen LogP contribution < -0.4 is 0 Å². The van der Waals surface area contributed by atoms with Crippen LogP contribution in [0.3, 0.4) is 0 Å². The van der Waals surface area contributed by atoms with E-state index in [4.69, 9.17) is 28.4 Å². The van der Waals surface area contributed by atoms with Crippen molar-refractivity contribution >= 4 is 57.6 Å². The van der Waals surface area contributed by atoms with Crippen LogP contribution in [0.15, 0.2) is 222 Å². The zero-order chi connectivity index (χ0) is 92.5. The second-order valence-corrected chi connectivity index (χ2v) is 43.3. The Morgan fingerprint density at radius 2 is 0.916 bits per heavy atom. The molecule has 12 fully saturated rings. The largest absolute Gasteiger partial charge is 0.393 e. The highest BCUT2D eigenvalue weighted by molar-refractivity contribution is 8.13. The summed E-state index contributed by atoms with van der Waals surface area (Å²) in [6, 6.07) is 48.0. The maximum Gasteiger partial charge on any atom is 0.226 e. The first-order valence-corrected chi connectivity index (χ1v) is 48.4. The van der Waals surface area contributed by atoms with Crippen molar-refractivity contribution in [2.75, 3.05) is 19.2 Å². The van der Waals surface area contributed by atoms with Crippen molar-refractivity contribution in [1.29, 1.82) is 0 Å². The monoisotopic (exact) mass is 1820 g/mol. The molecule has 0 spiro atoms. The molecule has 9 saturated carbocycles. The SMILES string of the molecule is Cc1cccc(Cc2ccc([C@@H]3O[C@@H]4C[C@H]5[C@@H]6CCC7=CC(=O)C=C[C@]7(C)[C@H]6[C@@H](O)C[C@]5(C)[C@]4(C(=O)CO)O3)cc2)c1.Cc1cccc(Cc2ccc([C@@H]3O[C@@H]4C[C@H]5[C@@H]6C[C@H](F)C7=CC(=O)C=C[C@]7(C)[C@@]6(F)[C@@H](O)C[C@]5(C)[C@]4(C(=O)SCF)O3)cc2)c1.Cc1cccc(SCc2ccc([C@@H]3O[C@@H]4C[C@H]5[C@@H]6CCC7=CC(=O)C=C[C@]7(C)[C@@]6(F)[C@@H](O)C[C@]5(C)[C@]4(C(=O)CO)O3)cc2)c1. The lowest BCUT2D eigenvalue weighted by atomic mass is 9.44. The molecular weight excluding hydrogens is 1710 g/mol. The number of hydrogen-bond acceptors (Lipinski definition) is 19. The van der Waals surface area contributed by atoms with Gasteiger partial charge >= 0.3 is 0 Å². The Morgan fingerprint density at radius 1 is 0.473 bits per heavy atom. The van der Waals surface area contributed by atoms with E-state index in [1.807, 2.05) is 79.7 Å². The molecule has 0 bridgehead atoms. The lowest BCUT2D eigenvalue weighted by Crippen LogP contribution is -2.70. The number of ether oxygens (including phenoxy) is 6. The predicted octanol–water partition coefficient (Wildman–Crippen LogP) is 18.0. The third kappa shape index (κ3) is 14.0. The number of carbonyl (C=O) groups is 6. The molecule has 21 rings (SSSR count). The number of aryl methyl sites for hydroxylation is 3. The summed E-state index contributed by atoms with van der Waals surface area (Å²) in [6.07, 6.45) is 9.13. The molecule has 6 aromatic rings. The van der Waals surface area contributed by atoms with Gasteiger partial charge in [-0.3, -0.25) is 28.8 Å². The number of benzene rings is 6. The Kier molecular flexibility index (Phi) is 23.6. The summed E-state index contributed by atoms with van der Waals surface area (Å²) < 4.78 is 104. The number of halogens is 4. The van der Waals surface area contributed by atoms with Crippen LogP contribution in [0.25, 0.3) is 0 Å². The van der Waals surface area contributed by atoms with Crippen molar-refractivity contribution in [2.45, 2.75) is 246 Å². The highest BCUT2D eigenvalue weighted by atomic mass is 32.2. The van der Waals surface area contributed by atoms with Crippen molar-refractivity contribution in [3.63, 3.8) is 0 Å². The summed E-state index contributed by atoms with van der Waals surface area (Å²) in [5, 5.41) is 55.1. The number of fused-ring (bicyclic) bond motifs is 21. The molecule has 5 N–H and O–H groups in total. The quantitative estimate of drug-likeness (QED) is 0.0446. The number of Topliss-reactive ketones (excluding diaryl/α,β-unsaturated/α-hetero) is 2. The average Bonchev–Trinajstić information content (AvgIpc) is 1.61. The molecule has 3 heterocycles. The molecule has 28 atom stereocenters. The van der Waals surface area contributed by atoms with Gasteiger partial charge in [0.25, 0.3) is 0 Å². The van der Waals surface area contributed by atoms with Crippen LogP contribution in [0.5, 0.6) is 0 Å². The van der Waals surface area contributed by atoms with Gasteiger partial charge in [0.05, 0.1) is 36.6 Å². The second kappa shape index (κ2) is 33.6. The van der Waals surface area contributed by atoms with Gasteiger partial charge in [-0.15, -0.1) is 11.8 Å². The van der Waals surface area contributed by atoms with Gasteiger partial charge in [-0.05, 0) is 224 Å². The summed E-state index contributed by atoms with van der Waals surface area (Å²) in [7, 11) is 0. The number of rotatable bonds is 16. The van der Waals surface area contributed by atoms with Crippen molar-refractivity contribution in [3.8, 4) is 0 Å². The molecule has 0 aromatic heterocycles. The minimum Gasteiger partial charge on any atom is -0.393 e. The van der Waals surface area contributed by atoms with Gasteiger partial charge in [0, 0.05) is 77.6 Å². The van der Waals surface area contributed by atoms with E-state index in [1.54, 1.807) is 43.8 Å². The molecule has 12 aliphatic carbocycles. The summed E-state index contributed by atoms with van der Waals surface area (Å²) in [5.41, 5.74) is -1.17. The van der Waals surface area contributed by atoms with E-state index in [0.717, 1.165) is 65.3 Å². The van der Waals surface area contributed by atoms with Crippen LogP contribution in [0.1, 0.15) is 192 Å². The van der Waals surface area contributed by atoms with Crippen LogP contribution in [0.4, 0.5) is 17.6 Å². The van der Waals surface area contributed by atoms with Crippen molar-refractivity contribution in [2.24, 2.45) is 73.9 Å². The third-order valence-corrected chi connectivity index (χ3v) is 36.5. The first kappa shape index (κ1) is 91.9. The highest BCUT2D eigenvalue weighted by Crippen LogP contribution is 2.77. The van der Waals surface area contributed by atoms with E-state index in [-0.39, 0.29) is 72.3 Å². The third-order valence-electron chi connectivity index (χ3n) is 34.7. The maximum absolute atomic E-state index is 17.6. The molecular formula is C108H116F4O17S2. The van der Waals surface area contributed by atoms with Gasteiger partial charge in [0.1, 0.15) is 25.4 Å². The summed E-state index contributed by atoms with van der Waals surface area (Å²) in [4.78, 5) is 79.0. The molecule has 0 amide bonds. The van der Waals surface area contributed by atoms with Crippen molar-refractivity contribution < 1.29 is 100 Å². The van der Waals surface area contributed by atoms with Crippen LogP contribution in [-0.2, 0) is 75.8 Å². The van der Waals surface area contributed by atoms with Crippen molar-refractivity contribution in [3.05, 3.63) is 278 Å². The highest BCUT2D eigenvalue weighted by Gasteiger charge is 2.83. The van der Waals surface area contributed by atoms with Crippen LogP contribution >= 0.6 is 23.5 Å². The first-order valence-electron chi connectivity index (χ1n) is 46.4. The van der Waals surface area contributed by atoms with Gasteiger partial charge < -0.3 is 54.0 Å². The first-order chi connectivity index (χ1) is 62.4. The molecule has 3 aliphatic heterocycles. The number of carbonyl (C=O) groups excluding carboxylic acids is 6. The Hall–Kier alpha value is -8.24. The summed E-state index contributed by atoms with van der Waals surface area (Å²) >= 11 is 2.24. The van der Waals surface area contributed by atoms with E-state index in [1.165, 1.54) is 69.5 Å². The predicted molar refractivity (Wildman–Crippen MR) is 486 cm³/mol. The number of aliphatic hydroxyl groups excluding tert-OH is 5. The number of hydrogen-bond donors (Lipinski definition) is 5. The number of thioether (sulfide) groups is 2. The van der Waals surface area contributed by atoms with Crippen LogP contribution in [0, 0.1) is 94.7 Å². The van der Waals surface area contributed by atoms with E-state index < -0.39 is 176 Å². The van der Waals surface area contributed by atoms with Crippen LogP contribution in [0.2, 0.25) is 0 Å². The lowest BCUT2D eigenvalue weighted by molar-refractivity contribution is -0.232. The molecule has 131 heavy (non-hydrogen) atoms. The Labute approximate surface area is 770 Å². The van der Waals surface area contributed by atoms with E-state index in [0.29, 0.717) is 55.0 Å². The standard InChI is InChI=1S/C36H37F3O5S.C36H39FO6S.C36H40O6/c1-20-5-4-6-22(13-20)14-21-7-9-23(10-8-21)31-43-30-17-25-26-16-28(38)27-15-24(40)11-12-33(27,2)35(26,39)29(41)18-34(25,3)36(30,44-31)32(42)45-19-37;1-21-5-4-6-26(15-21)44-20-22-7-9-23(10-8-22)32-42-31-17-28-27-12-11-24-16-25(39)13-14-33(24,2)35(27,37)29(40)18-34(28,3)36(31,43-32)30(41)19-38;1-21-5-4-6-23(15-21)16-22-7-9-24(10-8-22)33-41-31-18-28-27-12-11-25-17-26(38)13-14-34(25,2)32(27)29(39)19-35(28,3)36(31,42-33)30(40)20-37/h4-13,15,25-26,28-31,41H,14,16-19H2,1-3H3;4-10,13-16,27-29,31-32,38,40H,11-12,17-20H2,1-3H3;4-10,13-15,17,27-29,31-33,37,39H,11-12,16,18-20H2,1-3H3/t25-,26-,28-,29-,30+,31+,33-,34-,35-,36-;27-,28-,29-,31+,32+,33-,34-,35-,36+;27-,28-,29-,31+,32+,33+,34-,35-,36+/m000/s1. The summed E-state index contributed by atoms with van der Waals surface area (Å²) in [6.45, 7) is 16.0. The Balaban J connectivity index is 0.000000127. The molecule has 0 radical (unpaired) electrons.